The number of carbonyl (C=O) groups excluding carboxylic acids is 2. The predicted molar refractivity (Wildman–Crippen MR) is 133 cm³/mol. The Labute approximate surface area is 216 Å². The topological polar surface area (TPSA) is 101 Å². The van der Waals surface area contributed by atoms with Gasteiger partial charge in [-0.2, -0.15) is 8.78 Å². The SMILES string of the molecule is CC(O)Cn1cccc(N2C[C@@H](c3ccc(Cl)cc3)[C@H](NC(=O)c3ccc(OC(F)F)cc3)C2=O)c1=O. The second-order valence-electron chi connectivity index (χ2n) is 8.66. The van der Waals surface area contributed by atoms with Crippen LogP contribution in [0, 0.1) is 0 Å². The molecule has 1 aliphatic heterocycles. The molecule has 1 fully saturated rings. The summed E-state index contributed by atoms with van der Waals surface area (Å²) >= 11 is 6.03. The molecule has 1 unspecified atom stereocenters. The van der Waals surface area contributed by atoms with Crippen molar-refractivity contribution in [2.24, 2.45) is 0 Å². The summed E-state index contributed by atoms with van der Waals surface area (Å²) in [5, 5.41) is 13.0. The molecule has 2 N–H and O–H groups in total. The van der Waals surface area contributed by atoms with Crippen molar-refractivity contribution >= 4 is 29.1 Å². The molecule has 37 heavy (non-hydrogen) atoms. The number of carbonyl (C=O) groups is 2. The standard InChI is InChI=1S/C26H24ClF2N3O5/c1-15(33)13-31-12-2-3-21(24(31)35)32-14-20(16-4-8-18(27)9-5-16)22(25(32)36)30-23(34)17-6-10-19(11-7-17)37-26(28)29/h2-12,15,20,22,26,33H,13-14H2,1H3,(H,30,34)/t15?,20-,22-/m0/s1. The molecule has 3 atom stereocenters. The van der Waals surface area contributed by atoms with Gasteiger partial charge in [0.05, 0.1) is 12.6 Å². The van der Waals surface area contributed by atoms with Crippen LogP contribution in [0.15, 0.2) is 71.7 Å². The molecule has 194 valence electrons. The van der Waals surface area contributed by atoms with Crippen molar-refractivity contribution in [2.75, 3.05) is 11.4 Å². The third kappa shape index (κ3) is 5.98. The van der Waals surface area contributed by atoms with E-state index in [0.29, 0.717) is 5.02 Å². The normalized spacial score (nSPS) is 18.2. The van der Waals surface area contributed by atoms with Crippen LogP contribution in [0.2, 0.25) is 5.02 Å². The van der Waals surface area contributed by atoms with Gasteiger partial charge in [-0.1, -0.05) is 23.7 Å². The van der Waals surface area contributed by atoms with E-state index in [1.54, 1.807) is 37.3 Å². The largest absolute Gasteiger partial charge is 0.435 e. The highest BCUT2D eigenvalue weighted by atomic mass is 35.5. The first-order valence-corrected chi connectivity index (χ1v) is 11.8. The fraction of sp³-hybridized carbons (Fsp3) is 0.269. The van der Waals surface area contributed by atoms with Crippen molar-refractivity contribution in [1.29, 1.82) is 0 Å². The van der Waals surface area contributed by atoms with E-state index < -0.39 is 42.0 Å². The number of ether oxygens (including phenoxy) is 1. The van der Waals surface area contributed by atoms with Gasteiger partial charge in [0.1, 0.15) is 17.5 Å². The van der Waals surface area contributed by atoms with Gasteiger partial charge in [0.25, 0.3) is 11.5 Å². The summed E-state index contributed by atoms with van der Waals surface area (Å²) in [6.07, 6.45) is 0.754. The van der Waals surface area contributed by atoms with Gasteiger partial charge in [-0.3, -0.25) is 14.4 Å². The molecule has 1 saturated heterocycles. The Morgan fingerprint density at radius 3 is 2.43 bits per heavy atom. The van der Waals surface area contributed by atoms with Crippen LogP contribution in [0.4, 0.5) is 14.5 Å². The summed E-state index contributed by atoms with van der Waals surface area (Å²) in [4.78, 5) is 41.0. The number of anilines is 1. The highest BCUT2D eigenvalue weighted by Gasteiger charge is 2.43. The first-order valence-electron chi connectivity index (χ1n) is 11.4. The van der Waals surface area contributed by atoms with Gasteiger partial charge in [-0.05, 0) is 61.0 Å². The van der Waals surface area contributed by atoms with E-state index >= 15 is 0 Å². The lowest BCUT2D eigenvalue weighted by Gasteiger charge is -2.19. The Morgan fingerprint density at radius 2 is 1.81 bits per heavy atom. The molecule has 1 aromatic heterocycles. The van der Waals surface area contributed by atoms with Gasteiger partial charge in [-0.25, -0.2) is 0 Å². The Hall–Kier alpha value is -3.76. The third-order valence-electron chi connectivity index (χ3n) is 5.99. The van der Waals surface area contributed by atoms with Crippen LogP contribution in [-0.2, 0) is 11.3 Å². The van der Waals surface area contributed by atoms with E-state index in [9.17, 15) is 28.3 Å². The molecule has 1 aliphatic rings. The van der Waals surface area contributed by atoms with Crippen LogP contribution < -0.4 is 20.5 Å². The van der Waals surface area contributed by atoms with Crippen molar-refractivity contribution in [3.8, 4) is 5.75 Å². The second kappa shape index (κ2) is 11.1. The van der Waals surface area contributed by atoms with Gasteiger partial charge in [-0.15, -0.1) is 0 Å². The average molecular weight is 532 g/mol. The molecule has 2 aromatic carbocycles. The van der Waals surface area contributed by atoms with Crippen molar-refractivity contribution in [3.63, 3.8) is 0 Å². The van der Waals surface area contributed by atoms with Gasteiger partial charge >= 0.3 is 6.61 Å². The summed E-state index contributed by atoms with van der Waals surface area (Å²) in [6.45, 7) is -1.28. The summed E-state index contributed by atoms with van der Waals surface area (Å²) in [6, 6.07) is 14.0. The third-order valence-corrected chi connectivity index (χ3v) is 6.24. The molecule has 4 rings (SSSR count). The first kappa shape index (κ1) is 26.3. The smallest absolute Gasteiger partial charge is 0.387 e. The molecule has 0 radical (unpaired) electrons. The number of hydrogen-bond donors (Lipinski definition) is 2. The van der Waals surface area contributed by atoms with E-state index in [0.717, 1.165) is 5.56 Å². The molecule has 8 nitrogen and oxygen atoms in total. The summed E-state index contributed by atoms with van der Waals surface area (Å²) in [5.74, 6) is -1.70. The quantitative estimate of drug-likeness (QED) is 0.464. The Bertz CT molecular complexity index is 1330. The van der Waals surface area contributed by atoms with Gasteiger partial charge in [0.2, 0.25) is 5.91 Å². The highest BCUT2D eigenvalue weighted by Crippen LogP contribution is 2.32. The fourth-order valence-corrected chi connectivity index (χ4v) is 4.42. The van der Waals surface area contributed by atoms with Crippen LogP contribution in [0.25, 0.3) is 0 Å². The zero-order chi connectivity index (χ0) is 26.7. The number of rotatable bonds is 8. The van der Waals surface area contributed by atoms with E-state index in [4.69, 9.17) is 11.6 Å². The number of hydrogen-bond acceptors (Lipinski definition) is 5. The molecule has 0 saturated carbocycles. The minimum atomic E-state index is -3.00. The summed E-state index contributed by atoms with van der Waals surface area (Å²) in [5.41, 5.74) is 0.541. The molecule has 3 aromatic rings. The van der Waals surface area contributed by atoms with E-state index in [1.165, 1.54) is 46.0 Å². The molecule has 0 aliphatic carbocycles. The zero-order valence-corrected chi connectivity index (χ0v) is 20.4. The number of aliphatic hydroxyl groups excluding tert-OH is 1. The van der Waals surface area contributed by atoms with E-state index in [2.05, 4.69) is 10.1 Å². The van der Waals surface area contributed by atoms with Crippen molar-refractivity contribution in [1.82, 2.24) is 9.88 Å². The Morgan fingerprint density at radius 1 is 1.14 bits per heavy atom. The van der Waals surface area contributed by atoms with Crippen molar-refractivity contribution in [2.45, 2.75) is 38.1 Å². The van der Waals surface area contributed by atoms with Crippen LogP contribution in [0.3, 0.4) is 0 Å². The Kier molecular flexibility index (Phi) is 7.89. The van der Waals surface area contributed by atoms with Crippen LogP contribution in [0.1, 0.15) is 28.8 Å². The lowest BCUT2D eigenvalue weighted by atomic mass is 9.94. The van der Waals surface area contributed by atoms with Crippen molar-refractivity contribution < 1.29 is 28.2 Å². The molecular formula is C26H24ClF2N3O5. The molecule has 0 bridgehead atoms. The lowest BCUT2D eigenvalue weighted by molar-refractivity contribution is -0.118. The number of nitrogens with zero attached hydrogens (tertiary/aromatic N) is 2. The van der Waals surface area contributed by atoms with E-state index in [-0.39, 0.29) is 30.1 Å². The first-order chi connectivity index (χ1) is 17.6. The minimum absolute atomic E-state index is 0.0563. The molecule has 11 heteroatoms. The number of halogens is 3. The van der Waals surface area contributed by atoms with E-state index in [1.807, 2.05) is 0 Å². The molecule has 0 spiro atoms. The molecule has 2 heterocycles. The highest BCUT2D eigenvalue weighted by molar-refractivity contribution is 6.30. The monoisotopic (exact) mass is 531 g/mol. The lowest BCUT2D eigenvalue weighted by Crippen LogP contribution is -2.44. The average Bonchev–Trinajstić information content (AvgIpc) is 3.16. The number of benzene rings is 2. The fourth-order valence-electron chi connectivity index (χ4n) is 4.29. The van der Waals surface area contributed by atoms with Gasteiger partial charge < -0.3 is 24.6 Å². The van der Waals surface area contributed by atoms with Crippen LogP contribution >= 0.6 is 11.6 Å². The molecule has 2 amide bonds. The van der Waals surface area contributed by atoms with Crippen LogP contribution in [0.5, 0.6) is 5.75 Å². The summed E-state index contributed by atoms with van der Waals surface area (Å²) < 4.78 is 30.5. The zero-order valence-electron chi connectivity index (χ0n) is 19.7. The maximum atomic E-state index is 13.6. The second-order valence-corrected chi connectivity index (χ2v) is 9.10. The number of nitrogens with one attached hydrogen (secondary N) is 1. The number of aromatic nitrogens is 1. The minimum Gasteiger partial charge on any atom is -0.435 e. The van der Waals surface area contributed by atoms with Gasteiger partial charge in [0.15, 0.2) is 0 Å². The number of aliphatic hydroxyl groups is 1. The Balaban J connectivity index is 1.64. The number of pyridine rings is 1. The maximum absolute atomic E-state index is 13.6. The molecular weight excluding hydrogens is 508 g/mol. The van der Waals surface area contributed by atoms with Gasteiger partial charge in [0, 0.05) is 29.2 Å². The summed E-state index contributed by atoms with van der Waals surface area (Å²) in [7, 11) is 0. The predicted octanol–water partition coefficient (Wildman–Crippen LogP) is 3.41. The number of amides is 2. The maximum Gasteiger partial charge on any atom is 0.387 e. The number of alkyl halides is 2. The van der Waals surface area contributed by atoms with Crippen LogP contribution in [-0.4, -0.2) is 46.8 Å². The van der Waals surface area contributed by atoms with Crippen molar-refractivity contribution in [3.05, 3.63) is 93.4 Å².